The van der Waals surface area contributed by atoms with Crippen LogP contribution in [0, 0.1) is 0 Å². The second-order valence-corrected chi connectivity index (χ2v) is 8.41. The Hall–Kier alpha value is -0.320. The number of ether oxygens (including phenoxy) is 6. The smallest absolute Gasteiger partial charge is 0.168 e. The maximum atomic E-state index is 10.6. The molecule has 8 heteroatoms. The summed E-state index contributed by atoms with van der Waals surface area (Å²) in [5.41, 5.74) is 0. The van der Waals surface area contributed by atoms with Gasteiger partial charge in [0.05, 0.1) is 24.4 Å². The number of hydrogen-bond acceptors (Lipinski definition) is 8. The largest absolute Gasteiger partial charge is 0.390 e. The van der Waals surface area contributed by atoms with Crippen molar-refractivity contribution in [2.24, 2.45) is 0 Å². The van der Waals surface area contributed by atoms with Gasteiger partial charge in [0, 0.05) is 26.4 Å². The molecule has 0 bridgehead atoms. The highest BCUT2D eigenvalue weighted by Gasteiger charge is 2.61. The van der Waals surface area contributed by atoms with E-state index in [1.54, 1.807) is 7.11 Å². The molecule has 4 aliphatic rings. The first-order chi connectivity index (χ1) is 12.2. The standard InChI is InChI=1S/C18H30O8/c1-17(2)24-14-11(7-9(19)10-5-6-13(20)23-10)22-12-8-18(3,21-4)26-15(12)16(14)25-17/h9-16,19-20H,5-8H2,1-4H3/t9-,10+,11-,12+,13?,14-,15-,16-,18-/m1/s1. The van der Waals surface area contributed by atoms with Crippen molar-refractivity contribution >= 4 is 0 Å². The third-order valence-corrected chi connectivity index (χ3v) is 5.89. The van der Waals surface area contributed by atoms with E-state index in [-0.39, 0.29) is 36.6 Å². The van der Waals surface area contributed by atoms with Gasteiger partial charge in [0.15, 0.2) is 17.9 Å². The highest BCUT2D eigenvalue weighted by atomic mass is 16.8. The zero-order chi connectivity index (χ0) is 18.7. The van der Waals surface area contributed by atoms with Crippen LogP contribution in [0.5, 0.6) is 0 Å². The van der Waals surface area contributed by atoms with E-state index in [2.05, 4.69) is 0 Å². The van der Waals surface area contributed by atoms with Crippen LogP contribution in [0.4, 0.5) is 0 Å². The van der Waals surface area contributed by atoms with Gasteiger partial charge in [-0.1, -0.05) is 0 Å². The number of hydrogen-bond donors (Lipinski definition) is 2. The van der Waals surface area contributed by atoms with Gasteiger partial charge in [-0.2, -0.15) is 0 Å². The first-order valence-corrected chi connectivity index (χ1v) is 9.45. The fraction of sp³-hybridized carbons (Fsp3) is 1.00. The fourth-order valence-corrected chi connectivity index (χ4v) is 4.60. The van der Waals surface area contributed by atoms with Crippen LogP contribution in [0.2, 0.25) is 0 Å². The van der Waals surface area contributed by atoms with Crippen molar-refractivity contribution < 1.29 is 38.6 Å². The molecule has 1 unspecified atom stereocenters. The third kappa shape index (κ3) is 3.42. The highest BCUT2D eigenvalue weighted by molar-refractivity contribution is 5.04. The van der Waals surface area contributed by atoms with E-state index < -0.39 is 24.0 Å². The van der Waals surface area contributed by atoms with Gasteiger partial charge in [0.1, 0.15) is 18.3 Å². The molecule has 4 aliphatic heterocycles. The molecule has 4 fully saturated rings. The molecular weight excluding hydrogens is 344 g/mol. The molecule has 0 amide bonds. The lowest BCUT2D eigenvalue weighted by Gasteiger charge is -2.39. The Kier molecular flexibility index (Phi) is 4.85. The van der Waals surface area contributed by atoms with Crippen molar-refractivity contribution in [2.45, 2.75) is 107 Å². The molecule has 0 saturated carbocycles. The molecule has 0 spiro atoms. The van der Waals surface area contributed by atoms with Crippen molar-refractivity contribution in [1.82, 2.24) is 0 Å². The zero-order valence-corrected chi connectivity index (χ0v) is 15.8. The van der Waals surface area contributed by atoms with Gasteiger partial charge in [-0.25, -0.2) is 0 Å². The summed E-state index contributed by atoms with van der Waals surface area (Å²) in [6.07, 6.45) is -1.24. The summed E-state index contributed by atoms with van der Waals surface area (Å²) in [5.74, 6) is -1.46. The van der Waals surface area contributed by atoms with Crippen LogP contribution < -0.4 is 0 Å². The van der Waals surface area contributed by atoms with Crippen LogP contribution in [0.1, 0.15) is 46.5 Å². The van der Waals surface area contributed by atoms with Gasteiger partial charge in [-0.05, 0) is 27.2 Å². The predicted octanol–water partition coefficient (Wildman–Crippen LogP) is 0.674. The van der Waals surface area contributed by atoms with Crippen molar-refractivity contribution in [2.75, 3.05) is 7.11 Å². The summed E-state index contributed by atoms with van der Waals surface area (Å²) in [6.45, 7) is 5.63. The highest BCUT2D eigenvalue weighted by Crippen LogP contribution is 2.46. The lowest BCUT2D eigenvalue weighted by Crippen LogP contribution is -2.55. The van der Waals surface area contributed by atoms with Crippen molar-refractivity contribution in [3.63, 3.8) is 0 Å². The number of fused-ring (bicyclic) bond motifs is 3. The minimum Gasteiger partial charge on any atom is -0.390 e. The van der Waals surface area contributed by atoms with E-state index >= 15 is 0 Å². The Morgan fingerprint density at radius 2 is 1.77 bits per heavy atom. The molecular formula is C18H30O8. The maximum absolute atomic E-state index is 10.6. The molecule has 150 valence electrons. The SMILES string of the molecule is CO[C@@]1(C)C[C@@H]2O[C@H](C[C@@H](O)[C@@H]3CCC(O)O3)[C@H]3OC(C)(C)O[C@H]3[C@@H]2O1. The van der Waals surface area contributed by atoms with Crippen LogP contribution in [0.15, 0.2) is 0 Å². The second kappa shape index (κ2) is 6.63. The molecule has 0 aliphatic carbocycles. The van der Waals surface area contributed by atoms with E-state index in [4.69, 9.17) is 28.4 Å². The summed E-state index contributed by atoms with van der Waals surface area (Å²) >= 11 is 0. The van der Waals surface area contributed by atoms with Gasteiger partial charge in [0.25, 0.3) is 0 Å². The number of aliphatic hydroxyl groups is 2. The Morgan fingerprint density at radius 1 is 1.04 bits per heavy atom. The monoisotopic (exact) mass is 374 g/mol. The Bertz CT molecular complexity index is 525. The minimum atomic E-state index is -0.797. The number of rotatable bonds is 4. The van der Waals surface area contributed by atoms with E-state index in [0.29, 0.717) is 25.7 Å². The molecule has 9 atom stereocenters. The molecule has 0 aromatic heterocycles. The molecule has 0 radical (unpaired) electrons. The molecule has 4 saturated heterocycles. The lowest BCUT2D eigenvalue weighted by molar-refractivity contribution is -0.235. The average Bonchev–Trinajstić information content (AvgIpc) is 3.22. The van der Waals surface area contributed by atoms with Crippen LogP contribution in [-0.4, -0.2) is 77.9 Å². The maximum Gasteiger partial charge on any atom is 0.168 e. The molecule has 4 rings (SSSR count). The van der Waals surface area contributed by atoms with Crippen molar-refractivity contribution in [1.29, 1.82) is 0 Å². The normalized spacial score (nSPS) is 51.2. The first-order valence-electron chi connectivity index (χ1n) is 9.45. The molecule has 0 aromatic carbocycles. The van der Waals surface area contributed by atoms with Crippen LogP contribution in [-0.2, 0) is 28.4 Å². The predicted molar refractivity (Wildman–Crippen MR) is 88.1 cm³/mol. The first kappa shape index (κ1) is 19.0. The van der Waals surface area contributed by atoms with Gasteiger partial charge < -0.3 is 38.6 Å². The van der Waals surface area contributed by atoms with Crippen LogP contribution >= 0.6 is 0 Å². The quantitative estimate of drug-likeness (QED) is 0.742. The van der Waals surface area contributed by atoms with Gasteiger partial charge >= 0.3 is 0 Å². The summed E-state index contributed by atoms with van der Waals surface area (Å²) in [6, 6.07) is 0. The summed E-state index contributed by atoms with van der Waals surface area (Å²) in [4.78, 5) is 0. The van der Waals surface area contributed by atoms with E-state index in [9.17, 15) is 10.2 Å². The summed E-state index contributed by atoms with van der Waals surface area (Å²) in [5, 5.41) is 20.1. The van der Waals surface area contributed by atoms with E-state index in [0.717, 1.165) is 0 Å². The van der Waals surface area contributed by atoms with Crippen LogP contribution in [0.25, 0.3) is 0 Å². The average molecular weight is 374 g/mol. The second-order valence-electron chi connectivity index (χ2n) is 8.41. The number of aliphatic hydroxyl groups excluding tert-OH is 2. The number of methoxy groups -OCH3 is 1. The molecule has 4 heterocycles. The fourth-order valence-electron chi connectivity index (χ4n) is 4.60. The summed E-state index contributed by atoms with van der Waals surface area (Å²) in [7, 11) is 1.62. The Labute approximate surface area is 153 Å². The minimum absolute atomic E-state index is 0.189. The third-order valence-electron chi connectivity index (χ3n) is 5.89. The summed E-state index contributed by atoms with van der Waals surface area (Å²) < 4.78 is 35.5. The topological polar surface area (TPSA) is 95.8 Å². The van der Waals surface area contributed by atoms with Gasteiger partial charge in [0.2, 0.25) is 0 Å². The van der Waals surface area contributed by atoms with E-state index in [1.807, 2.05) is 20.8 Å². The Morgan fingerprint density at radius 3 is 2.42 bits per heavy atom. The molecule has 26 heavy (non-hydrogen) atoms. The lowest BCUT2D eigenvalue weighted by atomic mass is 9.90. The molecule has 0 aromatic rings. The molecule has 2 N–H and O–H groups in total. The van der Waals surface area contributed by atoms with Gasteiger partial charge in [-0.15, -0.1) is 0 Å². The molecule has 8 nitrogen and oxygen atoms in total. The van der Waals surface area contributed by atoms with E-state index in [1.165, 1.54) is 0 Å². The van der Waals surface area contributed by atoms with Crippen LogP contribution in [0.3, 0.4) is 0 Å². The Balaban J connectivity index is 1.50. The zero-order valence-electron chi connectivity index (χ0n) is 15.8. The van der Waals surface area contributed by atoms with Crippen molar-refractivity contribution in [3.05, 3.63) is 0 Å². The van der Waals surface area contributed by atoms with Gasteiger partial charge in [-0.3, -0.25) is 0 Å². The van der Waals surface area contributed by atoms with Crippen molar-refractivity contribution in [3.8, 4) is 0 Å².